The SMILES string of the molecule is O=Cc1cc(Br)c(C2CCNCC2)c2c1OCO2. The molecule has 0 radical (unpaired) electrons. The standard InChI is InChI=1S/C13H14BrNO3/c14-10-5-9(6-16)12-13(18-7-17-12)11(10)8-1-3-15-4-2-8/h5-6,8,15H,1-4,7H2. The van der Waals surface area contributed by atoms with Crippen LogP contribution in [0, 0.1) is 0 Å². The Morgan fingerprint density at radius 3 is 2.72 bits per heavy atom. The molecule has 0 unspecified atom stereocenters. The summed E-state index contributed by atoms with van der Waals surface area (Å²) in [6.45, 7) is 2.23. The van der Waals surface area contributed by atoms with Crippen LogP contribution in [-0.2, 0) is 0 Å². The van der Waals surface area contributed by atoms with Crippen molar-refractivity contribution in [3.8, 4) is 11.5 Å². The van der Waals surface area contributed by atoms with Crippen molar-refractivity contribution in [1.29, 1.82) is 0 Å². The summed E-state index contributed by atoms with van der Waals surface area (Å²) in [5.74, 6) is 1.80. The third kappa shape index (κ3) is 1.91. The number of halogens is 1. The Hall–Kier alpha value is -1.07. The molecule has 5 heteroatoms. The van der Waals surface area contributed by atoms with E-state index in [0.29, 0.717) is 17.2 Å². The fourth-order valence-corrected chi connectivity index (χ4v) is 3.41. The first-order valence-corrected chi connectivity index (χ1v) is 6.88. The highest BCUT2D eigenvalue weighted by Gasteiger charge is 2.29. The molecule has 0 aliphatic carbocycles. The Morgan fingerprint density at radius 2 is 2.00 bits per heavy atom. The Kier molecular flexibility index (Phi) is 3.26. The lowest BCUT2D eigenvalue weighted by Gasteiger charge is -2.25. The predicted octanol–water partition coefficient (Wildman–Crippen LogP) is 2.46. The molecule has 4 nitrogen and oxygen atoms in total. The van der Waals surface area contributed by atoms with E-state index in [9.17, 15) is 4.79 Å². The molecular weight excluding hydrogens is 298 g/mol. The van der Waals surface area contributed by atoms with Crippen molar-refractivity contribution in [2.24, 2.45) is 0 Å². The summed E-state index contributed by atoms with van der Waals surface area (Å²) in [5, 5.41) is 3.35. The zero-order valence-electron chi connectivity index (χ0n) is 9.87. The Labute approximate surface area is 114 Å². The minimum Gasteiger partial charge on any atom is -0.453 e. The summed E-state index contributed by atoms with van der Waals surface area (Å²) < 4.78 is 11.9. The number of benzene rings is 1. The maximum atomic E-state index is 11.0. The lowest BCUT2D eigenvalue weighted by molar-refractivity contribution is 0.111. The second-order valence-corrected chi connectivity index (χ2v) is 5.42. The van der Waals surface area contributed by atoms with Gasteiger partial charge in [-0.3, -0.25) is 4.79 Å². The maximum absolute atomic E-state index is 11.0. The Balaban J connectivity index is 2.08. The fraction of sp³-hybridized carbons (Fsp3) is 0.462. The van der Waals surface area contributed by atoms with Crippen LogP contribution in [0.25, 0.3) is 0 Å². The van der Waals surface area contributed by atoms with Gasteiger partial charge in [0.2, 0.25) is 6.79 Å². The molecular formula is C13H14BrNO3. The number of hydrogen-bond acceptors (Lipinski definition) is 4. The van der Waals surface area contributed by atoms with Crippen molar-refractivity contribution < 1.29 is 14.3 Å². The van der Waals surface area contributed by atoms with Gasteiger partial charge in [-0.05, 0) is 37.9 Å². The van der Waals surface area contributed by atoms with Gasteiger partial charge in [0.05, 0.1) is 5.56 Å². The quantitative estimate of drug-likeness (QED) is 0.852. The zero-order chi connectivity index (χ0) is 12.5. The molecule has 96 valence electrons. The number of piperidine rings is 1. The van der Waals surface area contributed by atoms with Gasteiger partial charge in [0, 0.05) is 10.0 Å². The van der Waals surface area contributed by atoms with Gasteiger partial charge in [0.15, 0.2) is 17.8 Å². The van der Waals surface area contributed by atoms with Crippen LogP contribution in [0.4, 0.5) is 0 Å². The van der Waals surface area contributed by atoms with Gasteiger partial charge < -0.3 is 14.8 Å². The first kappa shape index (κ1) is 12.0. The largest absolute Gasteiger partial charge is 0.453 e. The summed E-state index contributed by atoms with van der Waals surface area (Å²) in [4.78, 5) is 11.0. The van der Waals surface area contributed by atoms with Crippen molar-refractivity contribution in [2.45, 2.75) is 18.8 Å². The third-order valence-corrected chi connectivity index (χ3v) is 4.19. The van der Waals surface area contributed by atoms with E-state index < -0.39 is 0 Å². The first-order valence-electron chi connectivity index (χ1n) is 6.09. The molecule has 1 aromatic rings. The molecule has 1 N–H and O–H groups in total. The average molecular weight is 312 g/mol. The van der Waals surface area contributed by atoms with Crippen molar-refractivity contribution in [1.82, 2.24) is 5.32 Å². The van der Waals surface area contributed by atoms with Crippen LogP contribution in [-0.4, -0.2) is 26.2 Å². The smallest absolute Gasteiger partial charge is 0.231 e. The van der Waals surface area contributed by atoms with Crippen LogP contribution in [0.15, 0.2) is 10.5 Å². The zero-order valence-corrected chi connectivity index (χ0v) is 11.5. The van der Waals surface area contributed by atoms with Crippen LogP contribution >= 0.6 is 15.9 Å². The summed E-state index contributed by atoms with van der Waals surface area (Å²) in [6, 6.07) is 1.83. The van der Waals surface area contributed by atoms with Crippen LogP contribution < -0.4 is 14.8 Å². The van der Waals surface area contributed by atoms with Crippen molar-refractivity contribution >= 4 is 22.2 Å². The summed E-state index contributed by atoms with van der Waals surface area (Å²) >= 11 is 3.56. The molecule has 2 aliphatic rings. The minimum atomic E-state index is 0.199. The number of hydrogen-bond donors (Lipinski definition) is 1. The molecule has 0 aromatic heterocycles. The minimum absolute atomic E-state index is 0.199. The molecule has 2 aliphatic heterocycles. The van der Waals surface area contributed by atoms with Crippen molar-refractivity contribution in [3.05, 3.63) is 21.7 Å². The molecule has 0 bridgehead atoms. The number of aldehydes is 1. The molecule has 2 heterocycles. The van der Waals surface area contributed by atoms with E-state index in [1.165, 1.54) is 0 Å². The number of carbonyl (C=O) groups is 1. The van der Waals surface area contributed by atoms with E-state index in [1.807, 2.05) is 6.07 Å². The van der Waals surface area contributed by atoms with Gasteiger partial charge >= 0.3 is 0 Å². The lowest BCUT2D eigenvalue weighted by Crippen LogP contribution is -2.27. The van der Waals surface area contributed by atoms with Crippen LogP contribution in [0.2, 0.25) is 0 Å². The average Bonchev–Trinajstić information content (AvgIpc) is 2.87. The number of nitrogens with one attached hydrogen (secondary N) is 1. The molecule has 1 fully saturated rings. The second-order valence-electron chi connectivity index (χ2n) is 4.57. The monoisotopic (exact) mass is 311 g/mol. The first-order chi connectivity index (χ1) is 8.81. The van der Waals surface area contributed by atoms with Crippen LogP contribution in [0.5, 0.6) is 11.5 Å². The molecule has 0 saturated carbocycles. The summed E-state index contributed by atoms with van der Waals surface area (Å²) in [5.41, 5.74) is 1.70. The maximum Gasteiger partial charge on any atom is 0.231 e. The highest BCUT2D eigenvalue weighted by Crippen LogP contribution is 2.47. The van der Waals surface area contributed by atoms with Crippen LogP contribution in [0.1, 0.15) is 34.7 Å². The van der Waals surface area contributed by atoms with Gasteiger partial charge in [-0.25, -0.2) is 0 Å². The molecule has 0 spiro atoms. The Morgan fingerprint density at radius 1 is 1.28 bits per heavy atom. The number of rotatable bonds is 2. The normalized spacial score (nSPS) is 18.9. The van der Waals surface area contributed by atoms with Gasteiger partial charge in [0.1, 0.15) is 0 Å². The summed E-state index contributed by atoms with van der Waals surface area (Å²) in [6.07, 6.45) is 2.97. The topological polar surface area (TPSA) is 47.6 Å². The van der Waals surface area contributed by atoms with Gasteiger partial charge in [-0.2, -0.15) is 0 Å². The molecule has 1 aromatic carbocycles. The molecule has 18 heavy (non-hydrogen) atoms. The molecule has 3 rings (SSSR count). The van der Waals surface area contributed by atoms with Crippen molar-refractivity contribution in [2.75, 3.05) is 19.9 Å². The highest BCUT2D eigenvalue weighted by atomic mass is 79.9. The van der Waals surface area contributed by atoms with E-state index in [4.69, 9.17) is 9.47 Å². The van der Waals surface area contributed by atoms with Crippen molar-refractivity contribution in [3.63, 3.8) is 0 Å². The third-order valence-electron chi connectivity index (χ3n) is 3.53. The number of ether oxygens (including phenoxy) is 2. The lowest BCUT2D eigenvalue weighted by atomic mass is 9.88. The van der Waals surface area contributed by atoms with E-state index in [1.54, 1.807) is 0 Å². The van der Waals surface area contributed by atoms with E-state index in [-0.39, 0.29) is 6.79 Å². The van der Waals surface area contributed by atoms with Gasteiger partial charge in [-0.15, -0.1) is 0 Å². The number of fused-ring (bicyclic) bond motifs is 1. The molecule has 0 amide bonds. The predicted molar refractivity (Wildman–Crippen MR) is 70.5 cm³/mol. The molecule has 0 atom stereocenters. The highest BCUT2D eigenvalue weighted by molar-refractivity contribution is 9.10. The van der Waals surface area contributed by atoms with Gasteiger partial charge in [0.25, 0.3) is 0 Å². The fourth-order valence-electron chi connectivity index (χ4n) is 2.66. The van der Waals surface area contributed by atoms with E-state index >= 15 is 0 Å². The Bertz CT molecular complexity index is 484. The van der Waals surface area contributed by atoms with Crippen LogP contribution in [0.3, 0.4) is 0 Å². The second kappa shape index (κ2) is 4.90. The number of carbonyl (C=O) groups excluding carboxylic acids is 1. The summed E-state index contributed by atoms with van der Waals surface area (Å²) in [7, 11) is 0. The van der Waals surface area contributed by atoms with E-state index in [0.717, 1.165) is 48.0 Å². The van der Waals surface area contributed by atoms with Gasteiger partial charge in [-0.1, -0.05) is 15.9 Å². The molecule has 1 saturated heterocycles. The van der Waals surface area contributed by atoms with E-state index in [2.05, 4.69) is 21.2 Å².